The normalized spacial score (nSPS) is 12.7. The summed E-state index contributed by atoms with van der Waals surface area (Å²) < 4.78 is 0. The van der Waals surface area contributed by atoms with Crippen molar-refractivity contribution in [2.45, 2.75) is 51.5 Å². The summed E-state index contributed by atoms with van der Waals surface area (Å²) in [5, 5.41) is 18.3. The molecule has 3 rings (SSSR count). The van der Waals surface area contributed by atoms with Gasteiger partial charge in [0, 0.05) is 18.2 Å². The Labute approximate surface area is 233 Å². The lowest BCUT2D eigenvalue weighted by Gasteiger charge is -2.12. The van der Waals surface area contributed by atoms with Crippen LogP contribution in [0.2, 0.25) is 0 Å². The molecule has 0 radical (unpaired) electrons. The number of aromatic nitrogens is 2. The molecule has 0 saturated heterocycles. The molecular formula is C29H37N7O2S. The number of nitrogens with zero attached hydrogens (tertiary/aromatic N) is 2. The molecule has 0 spiro atoms. The highest BCUT2D eigenvalue weighted by molar-refractivity contribution is 7.15. The van der Waals surface area contributed by atoms with Crippen LogP contribution in [0.5, 0.6) is 0 Å². The fraction of sp³-hybridized carbons (Fsp3) is 0.310. The van der Waals surface area contributed by atoms with Gasteiger partial charge in [-0.2, -0.15) is 0 Å². The summed E-state index contributed by atoms with van der Waals surface area (Å²) in [5.41, 5.74) is 15.7. The number of nitrogens with two attached hydrogens (primary N) is 2. The van der Waals surface area contributed by atoms with E-state index in [0.717, 1.165) is 41.0 Å². The van der Waals surface area contributed by atoms with E-state index in [1.807, 2.05) is 61.6 Å². The molecule has 0 aliphatic heterocycles. The second-order valence-corrected chi connectivity index (χ2v) is 10.3. The zero-order valence-electron chi connectivity index (χ0n) is 22.4. The number of benzene rings is 2. The number of aryl methyl sites for hydroxylation is 1. The molecule has 1 atom stereocenters. The third-order valence-corrected chi connectivity index (χ3v) is 6.93. The number of anilines is 1. The van der Waals surface area contributed by atoms with Gasteiger partial charge in [-0.25, -0.2) is 0 Å². The summed E-state index contributed by atoms with van der Waals surface area (Å²) in [7, 11) is 1.90. The van der Waals surface area contributed by atoms with Crippen LogP contribution in [-0.2, 0) is 28.9 Å². The third-order valence-electron chi connectivity index (χ3n) is 6.04. The Morgan fingerprint density at radius 2 is 1.69 bits per heavy atom. The van der Waals surface area contributed by atoms with E-state index in [9.17, 15) is 9.59 Å². The van der Waals surface area contributed by atoms with Crippen LogP contribution in [0.25, 0.3) is 0 Å². The van der Waals surface area contributed by atoms with Gasteiger partial charge in [-0.05, 0) is 62.1 Å². The Morgan fingerprint density at radius 1 is 0.949 bits per heavy atom. The molecule has 7 N–H and O–H groups in total. The fourth-order valence-electron chi connectivity index (χ4n) is 3.81. The highest BCUT2D eigenvalue weighted by Gasteiger charge is 2.10. The first kappa shape index (κ1) is 29.5. The van der Waals surface area contributed by atoms with Crippen molar-refractivity contribution in [1.82, 2.24) is 20.8 Å². The van der Waals surface area contributed by atoms with Crippen molar-refractivity contribution in [1.29, 1.82) is 0 Å². The summed E-state index contributed by atoms with van der Waals surface area (Å²) >= 11 is 1.38. The minimum atomic E-state index is -0.183. The van der Waals surface area contributed by atoms with Crippen molar-refractivity contribution in [3.05, 3.63) is 100.0 Å². The average Bonchev–Trinajstić information content (AvgIpc) is 3.36. The molecule has 10 heteroatoms. The first-order valence-corrected chi connectivity index (χ1v) is 13.8. The summed E-state index contributed by atoms with van der Waals surface area (Å²) in [4.78, 5) is 24.6. The first-order valence-electron chi connectivity index (χ1n) is 13.0. The largest absolute Gasteiger partial charge is 0.402 e. The van der Waals surface area contributed by atoms with Gasteiger partial charge in [0.15, 0.2) is 0 Å². The van der Waals surface area contributed by atoms with Gasteiger partial charge < -0.3 is 27.4 Å². The SMILES string of the molecule is CNC(C)c1cccc(CC(=O)N/C(N)=C/C=C(\N)CCCCc2nnc(NC(=O)Cc3ccccc3)s2)c1. The Morgan fingerprint density at radius 3 is 2.46 bits per heavy atom. The van der Waals surface area contributed by atoms with E-state index < -0.39 is 0 Å². The number of amides is 2. The van der Waals surface area contributed by atoms with Gasteiger partial charge in [-0.1, -0.05) is 65.9 Å². The van der Waals surface area contributed by atoms with Gasteiger partial charge in [0.2, 0.25) is 16.9 Å². The van der Waals surface area contributed by atoms with Gasteiger partial charge in [0.1, 0.15) is 10.8 Å². The Bertz CT molecular complexity index is 1290. The molecule has 1 heterocycles. The summed E-state index contributed by atoms with van der Waals surface area (Å²) in [5.74, 6) is -0.0465. The maximum absolute atomic E-state index is 12.4. The van der Waals surface area contributed by atoms with Crippen LogP contribution >= 0.6 is 11.3 Å². The zero-order valence-corrected chi connectivity index (χ0v) is 23.3. The molecule has 2 amide bonds. The quantitative estimate of drug-likeness (QED) is 0.153. The number of nitrogens with one attached hydrogen (secondary N) is 3. The van der Waals surface area contributed by atoms with Crippen molar-refractivity contribution in [3.63, 3.8) is 0 Å². The van der Waals surface area contributed by atoms with Crippen molar-refractivity contribution in [3.8, 4) is 0 Å². The number of carbonyl (C=O) groups excluding carboxylic acids is 2. The van der Waals surface area contributed by atoms with Crippen molar-refractivity contribution in [2.75, 3.05) is 12.4 Å². The molecule has 0 bridgehead atoms. The fourth-order valence-corrected chi connectivity index (χ4v) is 4.60. The van der Waals surface area contributed by atoms with Gasteiger partial charge in [-0.15, -0.1) is 10.2 Å². The Kier molecular flexibility index (Phi) is 11.7. The van der Waals surface area contributed by atoms with Gasteiger partial charge in [0.05, 0.1) is 12.8 Å². The molecule has 1 aromatic heterocycles. The zero-order chi connectivity index (χ0) is 28.0. The summed E-state index contributed by atoms with van der Waals surface area (Å²) in [6.07, 6.45) is 7.05. The molecule has 3 aromatic rings. The van der Waals surface area contributed by atoms with E-state index in [-0.39, 0.29) is 30.1 Å². The second-order valence-electron chi connectivity index (χ2n) is 9.26. The van der Waals surface area contributed by atoms with Crippen molar-refractivity contribution < 1.29 is 9.59 Å². The molecule has 0 aliphatic rings. The van der Waals surface area contributed by atoms with E-state index in [0.29, 0.717) is 23.7 Å². The third kappa shape index (κ3) is 10.7. The molecule has 0 saturated carbocycles. The predicted molar refractivity (Wildman–Crippen MR) is 157 cm³/mol. The molecule has 39 heavy (non-hydrogen) atoms. The molecular weight excluding hydrogens is 510 g/mol. The predicted octanol–water partition coefficient (Wildman–Crippen LogP) is 3.71. The number of rotatable bonds is 14. The topological polar surface area (TPSA) is 148 Å². The first-order chi connectivity index (χ1) is 18.8. The smallest absolute Gasteiger partial charge is 0.230 e. The molecule has 2 aromatic carbocycles. The van der Waals surface area contributed by atoms with Gasteiger partial charge in [-0.3, -0.25) is 9.59 Å². The van der Waals surface area contributed by atoms with Crippen LogP contribution in [0.4, 0.5) is 5.13 Å². The van der Waals surface area contributed by atoms with E-state index in [2.05, 4.69) is 33.1 Å². The molecule has 0 fully saturated rings. The lowest BCUT2D eigenvalue weighted by molar-refractivity contribution is -0.119. The molecule has 9 nitrogen and oxygen atoms in total. The Balaban J connectivity index is 1.35. The Hall–Kier alpha value is -4.02. The average molecular weight is 548 g/mol. The number of carbonyl (C=O) groups is 2. The van der Waals surface area contributed by atoms with E-state index in [1.54, 1.807) is 12.2 Å². The monoisotopic (exact) mass is 547 g/mol. The maximum atomic E-state index is 12.4. The second kappa shape index (κ2) is 15.4. The summed E-state index contributed by atoms with van der Waals surface area (Å²) in [6, 6.07) is 17.7. The van der Waals surface area contributed by atoms with Crippen molar-refractivity contribution >= 4 is 28.3 Å². The minimum absolute atomic E-state index is 0.112. The van der Waals surface area contributed by atoms with Crippen LogP contribution in [0, 0.1) is 0 Å². The van der Waals surface area contributed by atoms with Gasteiger partial charge >= 0.3 is 0 Å². The van der Waals surface area contributed by atoms with Crippen LogP contribution in [0.15, 0.2) is 78.3 Å². The lowest BCUT2D eigenvalue weighted by Crippen LogP contribution is -2.28. The van der Waals surface area contributed by atoms with E-state index in [4.69, 9.17) is 11.5 Å². The lowest BCUT2D eigenvalue weighted by atomic mass is 10.0. The van der Waals surface area contributed by atoms with Crippen molar-refractivity contribution in [2.24, 2.45) is 11.5 Å². The van der Waals surface area contributed by atoms with Crippen LogP contribution in [0.1, 0.15) is 53.9 Å². The van der Waals surface area contributed by atoms with Crippen LogP contribution < -0.4 is 27.4 Å². The number of hydrogen-bond acceptors (Lipinski definition) is 8. The van der Waals surface area contributed by atoms with E-state index in [1.165, 1.54) is 11.3 Å². The highest BCUT2D eigenvalue weighted by Crippen LogP contribution is 2.18. The standard InChI is InChI=1S/C29H37N7O2S/c1-20(32-2)23-12-8-11-22(17-23)19-26(37)33-25(31)16-15-24(30)13-6-7-14-28-35-36-29(39-28)34-27(38)18-21-9-4-3-5-10-21/h3-5,8-12,15-17,20,32H,6-7,13-14,18-19,30-31H2,1-2H3,(H,33,37)(H,34,36,38)/b24-15-,25-16+. The summed E-state index contributed by atoms with van der Waals surface area (Å²) in [6.45, 7) is 2.07. The van der Waals surface area contributed by atoms with E-state index >= 15 is 0 Å². The maximum Gasteiger partial charge on any atom is 0.230 e. The number of hydrogen-bond donors (Lipinski definition) is 5. The van der Waals surface area contributed by atoms with Gasteiger partial charge in [0.25, 0.3) is 0 Å². The van der Waals surface area contributed by atoms with Crippen LogP contribution in [-0.4, -0.2) is 29.1 Å². The molecule has 206 valence electrons. The minimum Gasteiger partial charge on any atom is -0.402 e. The number of unbranched alkanes of at least 4 members (excludes halogenated alkanes) is 1. The van der Waals surface area contributed by atoms with Crippen LogP contribution in [0.3, 0.4) is 0 Å². The number of allylic oxidation sites excluding steroid dienone is 3. The molecule has 0 aliphatic carbocycles. The highest BCUT2D eigenvalue weighted by atomic mass is 32.1. The molecule has 1 unspecified atom stereocenters.